The molecule has 0 fully saturated rings. The summed E-state index contributed by atoms with van der Waals surface area (Å²) in [5, 5.41) is 0. The highest BCUT2D eigenvalue weighted by Gasteiger charge is 2.15. The number of imidazole rings is 1. The van der Waals surface area contributed by atoms with E-state index in [1.165, 1.54) is 22.5 Å². The smallest absolute Gasteiger partial charge is 0.140 e. The summed E-state index contributed by atoms with van der Waals surface area (Å²) < 4.78 is 2.23. The quantitative estimate of drug-likeness (QED) is 0.522. The number of hydrogen-bond donors (Lipinski definition) is 0. The van der Waals surface area contributed by atoms with Crippen molar-refractivity contribution in [1.82, 2.24) is 9.38 Å². The Morgan fingerprint density at radius 2 is 1.62 bits per heavy atom. The van der Waals surface area contributed by atoms with Gasteiger partial charge in [0.25, 0.3) is 0 Å². The lowest BCUT2D eigenvalue weighted by Crippen LogP contribution is -2.08. The molecule has 4 aromatic rings. The molecule has 0 aliphatic rings. The highest BCUT2D eigenvalue weighted by atomic mass is 15.1. The Balaban J connectivity index is 1.83. The fraction of sp³-hybridized carbons (Fsp3) is 0.174. The Morgan fingerprint density at radius 3 is 2.31 bits per heavy atom. The Morgan fingerprint density at radius 1 is 0.885 bits per heavy atom. The van der Waals surface area contributed by atoms with Crippen molar-refractivity contribution < 1.29 is 0 Å². The zero-order valence-electron chi connectivity index (χ0n) is 15.5. The maximum Gasteiger partial charge on any atom is 0.140 e. The van der Waals surface area contributed by atoms with Gasteiger partial charge in [-0.25, -0.2) is 4.98 Å². The number of aromatic nitrogens is 2. The monoisotopic (exact) mass is 341 g/mol. The van der Waals surface area contributed by atoms with Gasteiger partial charge >= 0.3 is 0 Å². The van der Waals surface area contributed by atoms with Crippen LogP contribution in [0.4, 0.5) is 5.69 Å². The molecule has 3 heteroatoms. The molecule has 0 bridgehead atoms. The maximum atomic E-state index is 4.98. The summed E-state index contributed by atoms with van der Waals surface area (Å²) in [4.78, 5) is 7.10. The van der Waals surface area contributed by atoms with E-state index >= 15 is 0 Å². The number of pyridine rings is 1. The molecular weight excluding hydrogens is 318 g/mol. The van der Waals surface area contributed by atoms with Gasteiger partial charge in [0, 0.05) is 38.0 Å². The number of fused-ring (bicyclic) bond motifs is 1. The summed E-state index contributed by atoms with van der Waals surface area (Å²) in [6, 6.07) is 23.4. The molecule has 0 aliphatic carbocycles. The van der Waals surface area contributed by atoms with Crippen molar-refractivity contribution in [2.45, 2.75) is 13.3 Å². The third-order valence-electron chi connectivity index (χ3n) is 4.82. The van der Waals surface area contributed by atoms with Crippen molar-refractivity contribution in [3.05, 3.63) is 89.7 Å². The summed E-state index contributed by atoms with van der Waals surface area (Å²) in [5.74, 6) is 0. The lowest BCUT2D eigenvalue weighted by atomic mass is 10.0. The number of nitrogens with zero attached hydrogens (tertiary/aromatic N) is 3. The minimum Gasteiger partial charge on any atom is -0.378 e. The molecule has 0 radical (unpaired) electrons. The van der Waals surface area contributed by atoms with Gasteiger partial charge in [-0.15, -0.1) is 0 Å². The first-order chi connectivity index (χ1) is 12.6. The van der Waals surface area contributed by atoms with Gasteiger partial charge in [-0.2, -0.15) is 0 Å². The molecule has 0 unspecified atom stereocenters. The number of hydrogen-bond acceptors (Lipinski definition) is 2. The van der Waals surface area contributed by atoms with Gasteiger partial charge in [0.2, 0.25) is 0 Å². The zero-order chi connectivity index (χ0) is 18.1. The van der Waals surface area contributed by atoms with Crippen molar-refractivity contribution >= 4 is 11.3 Å². The van der Waals surface area contributed by atoms with Crippen LogP contribution in [-0.4, -0.2) is 23.5 Å². The molecule has 0 spiro atoms. The van der Waals surface area contributed by atoms with E-state index in [2.05, 4.69) is 97.2 Å². The van der Waals surface area contributed by atoms with E-state index in [0.717, 1.165) is 23.3 Å². The number of anilines is 1. The first-order valence-electron chi connectivity index (χ1n) is 8.92. The highest BCUT2D eigenvalue weighted by molar-refractivity contribution is 5.68. The SMILES string of the molecule is Cc1cccn2c(Cc3ccc(N(C)C)cc3)c(-c3ccccc3)nc12. The molecule has 2 heterocycles. The molecule has 0 saturated heterocycles. The largest absolute Gasteiger partial charge is 0.378 e. The Bertz CT molecular complexity index is 1030. The van der Waals surface area contributed by atoms with Crippen LogP contribution in [0.15, 0.2) is 72.9 Å². The van der Waals surface area contributed by atoms with Crippen LogP contribution < -0.4 is 4.90 Å². The van der Waals surface area contributed by atoms with Crippen LogP contribution in [0.2, 0.25) is 0 Å². The summed E-state index contributed by atoms with van der Waals surface area (Å²) in [6.45, 7) is 2.12. The minimum absolute atomic E-state index is 0.850. The molecule has 0 saturated carbocycles. The molecule has 0 aliphatic heterocycles. The molecule has 2 aromatic carbocycles. The second-order valence-electron chi connectivity index (χ2n) is 6.90. The fourth-order valence-electron chi connectivity index (χ4n) is 3.35. The predicted molar refractivity (Wildman–Crippen MR) is 109 cm³/mol. The van der Waals surface area contributed by atoms with Crippen LogP contribution >= 0.6 is 0 Å². The third-order valence-corrected chi connectivity index (χ3v) is 4.82. The molecule has 0 amide bonds. The molecule has 0 N–H and O–H groups in total. The standard InChI is InChI=1S/C23H23N3/c1-17-8-7-15-26-21(16-18-11-13-20(14-12-18)25(2)3)22(24-23(17)26)19-9-5-4-6-10-19/h4-15H,16H2,1-3H3. The molecule has 26 heavy (non-hydrogen) atoms. The van der Waals surface area contributed by atoms with Crippen molar-refractivity contribution in [2.24, 2.45) is 0 Å². The Kier molecular flexibility index (Phi) is 4.21. The van der Waals surface area contributed by atoms with Gasteiger partial charge in [0.05, 0.1) is 11.4 Å². The lowest BCUT2D eigenvalue weighted by Gasteiger charge is -2.13. The molecule has 2 aromatic heterocycles. The van der Waals surface area contributed by atoms with Crippen molar-refractivity contribution in [1.29, 1.82) is 0 Å². The molecule has 4 rings (SSSR count). The van der Waals surface area contributed by atoms with E-state index in [-0.39, 0.29) is 0 Å². The van der Waals surface area contributed by atoms with Gasteiger partial charge in [0.15, 0.2) is 0 Å². The van der Waals surface area contributed by atoms with Gasteiger partial charge in [-0.05, 0) is 36.2 Å². The van der Waals surface area contributed by atoms with Crippen LogP contribution in [0.3, 0.4) is 0 Å². The number of aryl methyl sites for hydroxylation is 1. The Hall–Kier alpha value is -3.07. The number of rotatable bonds is 4. The van der Waals surface area contributed by atoms with Crippen LogP contribution in [0.25, 0.3) is 16.9 Å². The average molecular weight is 341 g/mol. The predicted octanol–water partition coefficient (Wildman–Crippen LogP) is 4.97. The first kappa shape index (κ1) is 16.4. The van der Waals surface area contributed by atoms with E-state index in [1.807, 2.05) is 6.07 Å². The summed E-state index contributed by atoms with van der Waals surface area (Å²) >= 11 is 0. The van der Waals surface area contributed by atoms with Crippen LogP contribution in [0.1, 0.15) is 16.8 Å². The summed E-state index contributed by atoms with van der Waals surface area (Å²) in [5.41, 5.74) is 8.19. The third kappa shape index (κ3) is 2.97. The molecular formula is C23H23N3. The van der Waals surface area contributed by atoms with E-state index < -0.39 is 0 Å². The first-order valence-corrected chi connectivity index (χ1v) is 8.92. The number of benzene rings is 2. The summed E-state index contributed by atoms with van der Waals surface area (Å²) in [7, 11) is 4.13. The fourth-order valence-corrected chi connectivity index (χ4v) is 3.35. The lowest BCUT2D eigenvalue weighted by molar-refractivity contribution is 1.02. The topological polar surface area (TPSA) is 20.5 Å². The summed E-state index contributed by atoms with van der Waals surface area (Å²) in [6.07, 6.45) is 2.97. The van der Waals surface area contributed by atoms with Crippen LogP contribution in [0.5, 0.6) is 0 Å². The van der Waals surface area contributed by atoms with E-state index in [1.54, 1.807) is 0 Å². The van der Waals surface area contributed by atoms with Crippen LogP contribution in [-0.2, 0) is 6.42 Å². The second kappa shape index (κ2) is 6.68. The highest BCUT2D eigenvalue weighted by Crippen LogP contribution is 2.28. The van der Waals surface area contributed by atoms with Gasteiger partial charge < -0.3 is 9.30 Å². The van der Waals surface area contributed by atoms with E-state index in [4.69, 9.17) is 4.98 Å². The second-order valence-corrected chi connectivity index (χ2v) is 6.90. The van der Waals surface area contributed by atoms with Crippen molar-refractivity contribution in [2.75, 3.05) is 19.0 Å². The normalized spacial score (nSPS) is 11.0. The van der Waals surface area contributed by atoms with Crippen molar-refractivity contribution in [3.8, 4) is 11.3 Å². The Labute approximate surface area is 154 Å². The van der Waals surface area contributed by atoms with Crippen molar-refractivity contribution in [3.63, 3.8) is 0 Å². The molecule has 0 atom stereocenters. The molecule has 130 valence electrons. The van der Waals surface area contributed by atoms with Gasteiger partial charge in [0.1, 0.15) is 5.65 Å². The minimum atomic E-state index is 0.850. The zero-order valence-corrected chi connectivity index (χ0v) is 15.5. The van der Waals surface area contributed by atoms with Gasteiger partial charge in [-0.3, -0.25) is 0 Å². The average Bonchev–Trinajstić information content (AvgIpc) is 3.03. The van der Waals surface area contributed by atoms with Crippen LogP contribution in [0, 0.1) is 6.92 Å². The van der Waals surface area contributed by atoms with Gasteiger partial charge in [-0.1, -0.05) is 48.5 Å². The maximum absolute atomic E-state index is 4.98. The van der Waals surface area contributed by atoms with E-state index in [9.17, 15) is 0 Å². The molecule has 3 nitrogen and oxygen atoms in total. The van der Waals surface area contributed by atoms with E-state index in [0.29, 0.717) is 0 Å².